The third kappa shape index (κ3) is 4.16. The third-order valence-electron chi connectivity index (χ3n) is 3.36. The fourth-order valence-corrected chi connectivity index (χ4v) is 2.23. The van der Waals surface area contributed by atoms with Crippen LogP contribution in [0.3, 0.4) is 0 Å². The van der Waals surface area contributed by atoms with Crippen LogP contribution in [-0.2, 0) is 4.74 Å². The summed E-state index contributed by atoms with van der Waals surface area (Å²) in [6.45, 7) is 3.16. The van der Waals surface area contributed by atoms with Gasteiger partial charge < -0.3 is 15.0 Å². The summed E-state index contributed by atoms with van der Waals surface area (Å²) in [6.07, 6.45) is 4.28. The molecule has 0 spiro atoms. The normalized spacial score (nSPS) is 15.2. The highest BCUT2D eigenvalue weighted by molar-refractivity contribution is 5.92. The molecule has 20 heavy (non-hydrogen) atoms. The van der Waals surface area contributed by atoms with Crippen molar-refractivity contribution in [2.24, 2.45) is 0 Å². The summed E-state index contributed by atoms with van der Waals surface area (Å²) in [6, 6.07) is 3.54. The maximum atomic E-state index is 12.2. The van der Waals surface area contributed by atoms with E-state index >= 15 is 0 Å². The second-order valence-corrected chi connectivity index (χ2v) is 4.93. The Labute approximate surface area is 119 Å². The summed E-state index contributed by atoms with van der Waals surface area (Å²) in [5.41, 5.74) is 0.425. The summed E-state index contributed by atoms with van der Waals surface area (Å²) in [5.74, 6) is 0.680. The lowest BCUT2D eigenvalue weighted by atomic mass is 10.1. The first-order chi connectivity index (χ1) is 9.81. The second kappa shape index (κ2) is 7.79. The van der Waals surface area contributed by atoms with Gasteiger partial charge in [0.1, 0.15) is 5.82 Å². The maximum absolute atomic E-state index is 12.2. The van der Waals surface area contributed by atoms with Crippen molar-refractivity contribution < 1.29 is 9.53 Å². The summed E-state index contributed by atoms with van der Waals surface area (Å²) in [7, 11) is 1.68. The zero-order valence-electron chi connectivity index (χ0n) is 12.0. The molecule has 0 radical (unpaired) electrons. The number of amides is 1. The van der Waals surface area contributed by atoms with Crippen LogP contribution in [0.15, 0.2) is 12.1 Å². The highest BCUT2D eigenvalue weighted by atomic mass is 16.5. The van der Waals surface area contributed by atoms with Gasteiger partial charge in [-0.2, -0.15) is 0 Å². The molecule has 1 N–H and O–H groups in total. The zero-order chi connectivity index (χ0) is 14.2. The Kier molecular flexibility index (Phi) is 5.73. The lowest BCUT2D eigenvalue weighted by molar-refractivity contribution is 0.0717. The van der Waals surface area contributed by atoms with E-state index in [1.165, 1.54) is 6.42 Å². The highest BCUT2D eigenvalue weighted by Gasteiger charge is 2.19. The zero-order valence-corrected chi connectivity index (χ0v) is 12.0. The van der Waals surface area contributed by atoms with Crippen molar-refractivity contribution in [3.63, 3.8) is 0 Å². The van der Waals surface area contributed by atoms with Gasteiger partial charge in [0.05, 0.1) is 0 Å². The van der Waals surface area contributed by atoms with E-state index in [-0.39, 0.29) is 5.91 Å². The first-order valence-corrected chi connectivity index (χ1v) is 7.17. The van der Waals surface area contributed by atoms with Gasteiger partial charge in [-0.3, -0.25) is 4.79 Å². The van der Waals surface area contributed by atoms with Crippen molar-refractivity contribution >= 4 is 11.7 Å². The molecule has 0 saturated carbocycles. The van der Waals surface area contributed by atoms with E-state index in [0.29, 0.717) is 18.1 Å². The molecule has 0 aromatic carbocycles. The molecule has 2 heterocycles. The molecule has 1 saturated heterocycles. The number of aromatic nitrogens is 2. The van der Waals surface area contributed by atoms with Crippen LogP contribution >= 0.6 is 0 Å². The van der Waals surface area contributed by atoms with E-state index in [1.807, 2.05) is 4.90 Å². The number of likely N-dealkylation sites (tertiary alicyclic amines) is 1. The van der Waals surface area contributed by atoms with Crippen molar-refractivity contribution in [2.45, 2.75) is 25.7 Å². The number of carbonyl (C=O) groups excluding carboxylic acids is 1. The number of ether oxygens (including phenoxy) is 1. The number of piperidine rings is 1. The Balaban J connectivity index is 1.85. The third-order valence-corrected chi connectivity index (χ3v) is 3.36. The molecule has 1 amide bonds. The minimum atomic E-state index is -0.0110. The van der Waals surface area contributed by atoms with Gasteiger partial charge >= 0.3 is 0 Å². The number of anilines is 1. The number of nitrogens with zero attached hydrogens (tertiary/aromatic N) is 3. The van der Waals surface area contributed by atoms with Gasteiger partial charge in [-0.25, -0.2) is 0 Å². The average molecular weight is 278 g/mol. The Morgan fingerprint density at radius 2 is 2.10 bits per heavy atom. The molecule has 2 rings (SSSR count). The number of nitrogens with one attached hydrogen (secondary N) is 1. The van der Waals surface area contributed by atoms with Crippen molar-refractivity contribution in [1.29, 1.82) is 0 Å². The van der Waals surface area contributed by atoms with Crippen LogP contribution in [0.25, 0.3) is 0 Å². The van der Waals surface area contributed by atoms with Crippen molar-refractivity contribution in [2.75, 3.05) is 38.7 Å². The quantitative estimate of drug-likeness (QED) is 0.800. The van der Waals surface area contributed by atoms with E-state index in [0.717, 1.165) is 38.9 Å². The van der Waals surface area contributed by atoms with E-state index in [9.17, 15) is 4.79 Å². The Hall–Kier alpha value is -1.69. The predicted octanol–water partition coefficient (Wildman–Crippen LogP) is 1.55. The minimum absolute atomic E-state index is 0.0110. The molecule has 6 heteroatoms. The molecule has 0 aliphatic carbocycles. The SMILES string of the molecule is COCCCNc1ccc(C(=O)N2CCCCC2)nn1. The number of rotatable bonds is 6. The summed E-state index contributed by atoms with van der Waals surface area (Å²) in [5, 5.41) is 11.2. The first-order valence-electron chi connectivity index (χ1n) is 7.17. The molecule has 0 atom stereocenters. The standard InChI is InChI=1S/C14H22N4O2/c1-20-11-5-8-15-13-7-6-12(16-17-13)14(19)18-9-3-2-4-10-18/h6-7H,2-5,8-11H2,1H3,(H,15,17). The van der Waals surface area contributed by atoms with Gasteiger partial charge in [0.2, 0.25) is 0 Å². The van der Waals surface area contributed by atoms with Gasteiger partial charge in [-0.1, -0.05) is 0 Å². The molecule has 1 aliphatic heterocycles. The molecule has 1 fully saturated rings. The average Bonchev–Trinajstić information content (AvgIpc) is 2.52. The van der Waals surface area contributed by atoms with Crippen LogP contribution < -0.4 is 5.32 Å². The van der Waals surface area contributed by atoms with Crippen LogP contribution in [0.4, 0.5) is 5.82 Å². The topological polar surface area (TPSA) is 67.3 Å². The summed E-state index contributed by atoms with van der Waals surface area (Å²) in [4.78, 5) is 14.1. The van der Waals surface area contributed by atoms with Crippen LogP contribution in [-0.4, -0.2) is 54.4 Å². The smallest absolute Gasteiger partial charge is 0.274 e. The van der Waals surface area contributed by atoms with Crippen LogP contribution in [0.5, 0.6) is 0 Å². The van der Waals surface area contributed by atoms with Crippen LogP contribution in [0, 0.1) is 0 Å². The molecule has 1 aromatic rings. The minimum Gasteiger partial charge on any atom is -0.385 e. The largest absolute Gasteiger partial charge is 0.385 e. The predicted molar refractivity (Wildman–Crippen MR) is 76.8 cm³/mol. The molecule has 0 bridgehead atoms. The van der Waals surface area contributed by atoms with Gasteiger partial charge in [0, 0.05) is 33.4 Å². The Morgan fingerprint density at radius 1 is 1.30 bits per heavy atom. The lowest BCUT2D eigenvalue weighted by Crippen LogP contribution is -2.36. The first kappa shape index (κ1) is 14.7. The Bertz CT molecular complexity index is 416. The summed E-state index contributed by atoms with van der Waals surface area (Å²) < 4.78 is 4.97. The number of methoxy groups -OCH3 is 1. The molecule has 110 valence electrons. The van der Waals surface area contributed by atoms with Crippen molar-refractivity contribution in [3.8, 4) is 0 Å². The van der Waals surface area contributed by atoms with E-state index in [4.69, 9.17) is 4.74 Å². The van der Waals surface area contributed by atoms with E-state index < -0.39 is 0 Å². The Morgan fingerprint density at radius 3 is 2.75 bits per heavy atom. The van der Waals surface area contributed by atoms with Gasteiger partial charge in [-0.15, -0.1) is 10.2 Å². The van der Waals surface area contributed by atoms with Crippen molar-refractivity contribution in [3.05, 3.63) is 17.8 Å². The van der Waals surface area contributed by atoms with Gasteiger partial charge in [-0.05, 0) is 37.8 Å². The lowest BCUT2D eigenvalue weighted by Gasteiger charge is -2.26. The van der Waals surface area contributed by atoms with E-state index in [2.05, 4.69) is 15.5 Å². The van der Waals surface area contributed by atoms with Gasteiger partial charge in [0.15, 0.2) is 5.69 Å². The molecule has 6 nitrogen and oxygen atoms in total. The van der Waals surface area contributed by atoms with E-state index in [1.54, 1.807) is 19.2 Å². The second-order valence-electron chi connectivity index (χ2n) is 4.93. The molecule has 0 unspecified atom stereocenters. The van der Waals surface area contributed by atoms with Crippen molar-refractivity contribution in [1.82, 2.24) is 15.1 Å². The monoisotopic (exact) mass is 278 g/mol. The molecule has 1 aliphatic rings. The highest BCUT2D eigenvalue weighted by Crippen LogP contribution is 2.12. The number of carbonyl (C=O) groups is 1. The number of hydrogen-bond acceptors (Lipinski definition) is 5. The summed E-state index contributed by atoms with van der Waals surface area (Å²) >= 11 is 0. The number of hydrogen-bond donors (Lipinski definition) is 1. The fraction of sp³-hybridized carbons (Fsp3) is 0.643. The van der Waals surface area contributed by atoms with Gasteiger partial charge in [0.25, 0.3) is 5.91 Å². The van der Waals surface area contributed by atoms with Crippen LogP contribution in [0.1, 0.15) is 36.2 Å². The van der Waals surface area contributed by atoms with Crippen LogP contribution in [0.2, 0.25) is 0 Å². The maximum Gasteiger partial charge on any atom is 0.274 e. The molecule has 1 aromatic heterocycles. The molecular formula is C14H22N4O2. The fourth-order valence-electron chi connectivity index (χ4n) is 2.23. The molecular weight excluding hydrogens is 256 g/mol.